The number of hydrogen-bond donors (Lipinski definition) is 2. The molecule has 0 aliphatic heterocycles. The van der Waals surface area contributed by atoms with Gasteiger partial charge in [-0.2, -0.15) is 5.10 Å². The molecule has 0 amide bonds. The first kappa shape index (κ1) is 11.2. The van der Waals surface area contributed by atoms with Crippen LogP contribution >= 0.6 is 15.9 Å². The Balaban J connectivity index is 2.50. The summed E-state index contributed by atoms with van der Waals surface area (Å²) in [6.07, 6.45) is 0. The molecule has 1 aromatic carbocycles. The van der Waals surface area contributed by atoms with Crippen LogP contribution in [-0.4, -0.2) is 20.9 Å². The lowest BCUT2D eigenvalue weighted by molar-refractivity contribution is 0.143. The highest BCUT2D eigenvalue weighted by Crippen LogP contribution is 2.20. The van der Waals surface area contributed by atoms with Gasteiger partial charge in [0.05, 0.1) is 5.52 Å². The summed E-state index contributed by atoms with van der Waals surface area (Å²) < 4.78 is 0.980. The summed E-state index contributed by atoms with van der Waals surface area (Å²) in [6.45, 7) is 3.30. The molecule has 0 radical (unpaired) electrons. The average Bonchev–Trinajstić information content (AvgIpc) is 2.56. The van der Waals surface area contributed by atoms with Gasteiger partial charge in [0, 0.05) is 9.86 Å². The van der Waals surface area contributed by atoms with Crippen LogP contribution in [0.1, 0.15) is 19.5 Å². The summed E-state index contributed by atoms with van der Waals surface area (Å²) in [5.74, 6) is 5.65. The lowest BCUT2D eigenvalue weighted by Gasteiger charge is -2.05. The van der Waals surface area contributed by atoms with Crippen LogP contribution in [0, 0.1) is 11.8 Å². The monoisotopic (exact) mass is 278 g/mol. The molecule has 1 aromatic heterocycles. The van der Waals surface area contributed by atoms with Crippen molar-refractivity contribution >= 4 is 26.8 Å². The van der Waals surface area contributed by atoms with Crippen molar-refractivity contribution in [2.24, 2.45) is 0 Å². The van der Waals surface area contributed by atoms with E-state index in [0.29, 0.717) is 0 Å². The molecule has 0 spiro atoms. The number of nitrogens with one attached hydrogen (secondary N) is 1. The number of fused-ring (bicyclic) bond motifs is 1. The molecule has 0 saturated carbocycles. The Morgan fingerprint density at radius 3 is 2.88 bits per heavy atom. The van der Waals surface area contributed by atoms with Crippen molar-refractivity contribution in [3.05, 3.63) is 28.4 Å². The molecule has 0 bridgehead atoms. The first-order chi connectivity index (χ1) is 7.46. The maximum Gasteiger partial charge on any atom is 0.120 e. The second-order valence-corrected chi connectivity index (χ2v) is 4.98. The normalized spacial score (nSPS) is 11.2. The van der Waals surface area contributed by atoms with E-state index in [2.05, 4.69) is 38.0 Å². The van der Waals surface area contributed by atoms with Gasteiger partial charge in [-0.3, -0.25) is 5.10 Å². The van der Waals surface area contributed by atoms with Crippen molar-refractivity contribution in [1.29, 1.82) is 0 Å². The molecule has 2 aromatic rings. The molecule has 0 unspecified atom stereocenters. The molecule has 2 rings (SSSR count). The highest BCUT2D eigenvalue weighted by atomic mass is 79.9. The van der Waals surface area contributed by atoms with Gasteiger partial charge >= 0.3 is 0 Å². The minimum absolute atomic E-state index is 0.727. The Kier molecular flexibility index (Phi) is 2.75. The summed E-state index contributed by atoms with van der Waals surface area (Å²) in [7, 11) is 0. The Labute approximate surface area is 102 Å². The third-order valence-electron chi connectivity index (χ3n) is 2.01. The molecule has 4 heteroatoms. The van der Waals surface area contributed by atoms with Crippen molar-refractivity contribution in [1.82, 2.24) is 10.2 Å². The summed E-state index contributed by atoms with van der Waals surface area (Å²) in [4.78, 5) is 0. The van der Waals surface area contributed by atoms with Crippen molar-refractivity contribution in [2.45, 2.75) is 19.4 Å². The molecule has 0 aliphatic carbocycles. The number of hydrogen-bond acceptors (Lipinski definition) is 2. The van der Waals surface area contributed by atoms with Gasteiger partial charge in [0.2, 0.25) is 0 Å². The molecular weight excluding hydrogens is 268 g/mol. The third kappa shape index (κ3) is 2.43. The van der Waals surface area contributed by atoms with Gasteiger partial charge in [0.15, 0.2) is 0 Å². The van der Waals surface area contributed by atoms with Crippen LogP contribution < -0.4 is 0 Å². The number of aliphatic hydroxyl groups is 1. The predicted octanol–water partition coefficient (Wildman–Crippen LogP) is 2.45. The first-order valence-electron chi connectivity index (χ1n) is 4.85. The quantitative estimate of drug-likeness (QED) is 0.728. The van der Waals surface area contributed by atoms with Gasteiger partial charge in [-0.15, -0.1) is 0 Å². The number of aromatic amines is 1. The molecule has 0 aliphatic rings. The molecule has 82 valence electrons. The third-order valence-corrected chi connectivity index (χ3v) is 2.50. The average molecular weight is 279 g/mol. The standard InChI is InChI=1S/C12H11BrN2O/c1-12(2,16)6-5-10-9-4-3-8(13)7-11(9)15-14-10/h3-4,7,16H,1-2H3,(H,14,15). The first-order valence-corrected chi connectivity index (χ1v) is 5.64. The van der Waals surface area contributed by atoms with E-state index in [-0.39, 0.29) is 0 Å². The van der Waals surface area contributed by atoms with Gasteiger partial charge in [0.1, 0.15) is 11.3 Å². The number of benzene rings is 1. The number of rotatable bonds is 0. The Morgan fingerprint density at radius 1 is 1.44 bits per heavy atom. The van der Waals surface area contributed by atoms with Crippen LogP contribution in [0.2, 0.25) is 0 Å². The Bertz CT molecular complexity index is 584. The van der Waals surface area contributed by atoms with Crippen molar-refractivity contribution in [3.8, 4) is 11.8 Å². The molecule has 2 N–H and O–H groups in total. The fourth-order valence-corrected chi connectivity index (χ4v) is 1.64. The van der Waals surface area contributed by atoms with Crippen LogP contribution in [0.4, 0.5) is 0 Å². The minimum Gasteiger partial charge on any atom is -0.378 e. The van der Waals surface area contributed by atoms with E-state index in [9.17, 15) is 5.11 Å². The molecule has 3 nitrogen and oxygen atoms in total. The summed E-state index contributed by atoms with van der Waals surface area (Å²) in [6, 6.07) is 5.80. The summed E-state index contributed by atoms with van der Waals surface area (Å²) in [5, 5.41) is 17.5. The number of H-pyrrole nitrogens is 1. The zero-order valence-electron chi connectivity index (χ0n) is 9.00. The van der Waals surface area contributed by atoms with E-state index in [1.165, 1.54) is 0 Å². The van der Waals surface area contributed by atoms with Crippen LogP contribution in [-0.2, 0) is 0 Å². The highest BCUT2D eigenvalue weighted by molar-refractivity contribution is 9.10. The maximum absolute atomic E-state index is 9.52. The summed E-state index contributed by atoms with van der Waals surface area (Å²) >= 11 is 3.38. The summed E-state index contributed by atoms with van der Waals surface area (Å²) in [5.41, 5.74) is 0.589. The molecule has 16 heavy (non-hydrogen) atoms. The Morgan fingerprint density at radius 2 is 2.19 bits per heavy atom. The molecule has 0 saturated heterocycles. The molecule has 0 fully saturated rings. The zero-order chi connectivity index (χ0) is 11.8. The smallest absolute Gasteiger partial charge is 0.120 e. The van der Waals surface area contributed by atoms with Crippen molar-refractivity contribution < 1.29 is 5.11 Å². The van der Waals surface area contributed by atoms with E-state index in [1.807, 2.05) is 18.2 Å². The van der Waals surface area contributed by atoms with Gasteiger partial charge in [0.25, 0.3) is 0 Å². The maximum atomic E-state index is 9.52. The van der Waals surface area contributed by atoms with E-state index >= 15 is 0 Å². The Hall–Kier alpha value is -1.31. The second kappa shape index (κ2) is 3.93. The predicted molar refractivity (Wildman–Crippen MR) is 67.0 cm³/mol. The van der Waals surface area contributed by atoms with Crippen LogP contribution in [0.3, 0.4) is 0 Å². The van der Waals surface area contributed by atoms with Crippen LogP contribution in [0.15, 0.2) is 22.7 Å². The number of aromatic nitrogens is 2. The van der Waals surface area contributed by atoms with E-state index in [4.69, 9.17) is 0 Å². The molecule has 1 heterocycles. The second-order valence-electron chi connectivity index (χ2n) is 4.07. The SMILES string of the molecule is CC(C)(O)C#Cc1[nH]nc2cc(Br)ccc12. The van der Waals surface area contributed by atoms with E-state index in [1.54, 1.807) is 13.8 Å². The molecular formula is C12H11BrN2O. The number of nitrogens with zero attached hydrogens (tertiary/aromatic N) is 1. The van der Waals surface area contributed by atoms with E-state index in [0.717, 1.165) is 21.1 Å². The van der Waals surface area contributed by atoms with E-state index < -0.39 is 5.60 Å². The lowest BCUT2D eigenvalue weighted by atomic mass is 10.1. The van der Waals surface area contributed by atoms with Gasteiger partial charge in [-0.1, -0.05) is 21.9 Å². The van der Waals surface area contributed by atoms with Crippen LogP contribution in [0.5, 0.6) is 0 Å². The number of halogens is 1. The topological polar surface area (TPSA) is 48.9 Å². The largest absolute Gasteiger partial charge is 0.378 e. The van der Waals surface area contributed by atoms with Gasteiger partial charge < -0.3 is 5.11 Å². The highest BCUT2D eigenvalue weighted by Gasteiger charge is 2.07. The fourth-order valence-electron chi connectivity index (χ4n) is 1.30. The minimum atomic E-state index is -0.993. The van der Waals surface area contributed by atoms with Crippen molar-refractivity contribution in [2.75, 3.05) is 0 Å². The van der Waals surface area contributed by atoms with Crippen LogP contribution in [0.25, 0.3) is 10.9 Å². The zero-order valence-corrected chi connectivity index (χ0v) is 10.6. The van der Waals surface area contributed by atoms with Gasteiger partial charge in [-0.25, -0.2) is 0 Å². The lowest BCUT2D eigenvalue weighted by Crippen LogP contribution is -2.14. The van der Waals surface area contributed by atoms with Crippen molar-refractivity contribution in [3.63, 3.8) is 0 Å². The fraction of sp³-hybridized carbons (Fsp3) is 0.250. The van der Waals surface area contributed by atoms with Gasteiger partial charge in [-0.05, 0) is 38.0 Å². The molecule has 0 atom stereocenters.